The molecule has 0 saturated heterocycles. The first-order valence-electron chi connectivity index (χ1n) is 5.33. The van der Waals surface area contributed by atoms with E-state index in [1.807, 2.05) is 31.2 Å². The average Bonchev–Trinajstić information content (AvgIpc) is 2.37. The second-order valence-electron chi connectivity index (χ2n) is 3.86. The minimum Gasteiger partial charge on any atom is -0.354 e. The van der Waals surface area contributed by atoms with Crippen molar-refractivity contribution in [2.24, 2.45) is 0 Å². The van der Waals surface area contributed by atoms with E-state index in [1.54, 1.807) is 6.07 Å². The molecule has 0 aliphatic heterocycles. The number of benzene rings is 2. The molecule has 2 aromatic carbocycles. The van der Waals surface area contributed by atoms with Crippen molar-refractivity contribution in [2.45, 2.75) is 6.92 Å². The van der Waals surface area contributed by atoms with E-state index in [0.29, 0.717) is 5.69 Å². The molecule has 2 rings (SSSR count). The largest absolute Gasteiger partial charge is 0.354 e. The standard InChI is InChI=1S/C14H10BrFN2/c1-9-3-2-4-13(14(9)15)18-12-6-5-11(16)7-10(12)8-17/h2-7,18H,1H3. The van der Waals surface area contributed by atoms with Gasteiger partial charge in [-0.2, -0.15) is 5.26 Å². The molecule has 2 nitrogen and oxygen atoms in total. The lowest BCUT2D eigenvalue weighted by Crippen LogP contribution is -1.96. The number of anilines is 2. The fraction of sp³-hybridized carbons (Fsp3) is 0.0714. The van der Waals surface area contributed by atoms with Gasteiger partial charge in [-0.25, -0.2) is 4.39 Å². The molecule has 0 spiro atoms. The van der Waals surface area contributed by atoms with Gasteiger partial charge in [-0.05, 0) is 52.7 Å². The minimum atomic E-state index is -0.416. The van der Waals surface area contributed by atoms with Gasteiger partial charge in [0.05, 0.1) is 16.9 Å². The van der Waals surface area contributed by atoms with Crippen LogP contribution in [0.4, 0.5) is 15.8 Å². The second-order valence-corrected chi connectivity index (χ2v) is 4.66. The molecule has 0 saturated carbocycles. The van der Waals surface area contributed by atoms with Crippen LogP contribution in [0.3, 0.4) is 0 Å². The zero-order valence-corrected chi connectivity index (χ0v) is 11.3. The Morgan fingerprint density at radius 2 is 2.00 bits per heavy atom. The quantitative estimate of drug-likeness (QED) is 0.886. The predicted octanol–water partition coefficient (Wildman–Crippen LogP) is 4.51. The van der Waals surface area contributed by atoms with Crippen LogP contribution < -0.4 is 5.32 Å². The Morgan fingerprint density at radius 3 is 2.72 bits per heavy atom. The van der Waals surface area contributed by atoms with Gasteiger partial charge in [-0.15, -0.1) is 0 Å². The lowest BCUT2D eigenvalue weighted by Gasteiger charge is -2.11. The van der Waals surface area contributed by atoms with Crippen molar-refractivity contribution in [3.05, 3.63) is 57.8 Å². The Balaban J connectivity index is 2.41. The van der Waals surface area contributed by atoms with E-state index in [0.717, 1.165) is 15.7 Å². The van der Waals surface area contributed by atoms with Gasteiger partial charge in [0.2, 0.25) is 0 Å². The Bertz CT molecular complexity index is 632. The van der Waals surface area contributed by atoms with Crippen molar-refractivity contribution in [2.75, 3.05) is 5.32 Å². The summed E-state index contributed by atoms with van der Waals surface area (Å²) in [5.74, 6) is -0.416. The summed E-state index contributed by atoms with van der Waals surface area (Å²) in [5.41, 5.74) is 2.80. The van der Waals surface area contributed by atoms with E-state index < -0.39 is 5.82 Å². The normalized spacial score (nSPS) is 9.89. The van der Waals surface area contributed by atoms with Crippen LogP contribution in [0.15, 0.2) is 40.9 Å². The van der Waals surface area contributed by atoms with Crippen molar-refractivity contribution in [3.8, 4) is 6.07 Å². The molecule has 0 heterocycles. The van der Waals surface area contributed by atoms with Gasteiger partial charge < -0.3 is 5.32 Å². The van der Waals surface area contributed by atoms with Gasteiger partial charge >= 0.3 is 0 Å². The van der Waals surface area contributed by atoms with E-state index in [1.165, 1.54) is 12.1 Å². The molecular formula is C14H10BrFN2. The van der Waals surface area contributed by atoms with Gasteiger partial charge in [0.25, 0.3) is 0 Å². The topological polar surface area (TPSA) is 35.8 Å². The molecule has 0 bridgehead atoms. The smallest absolute Gasteiger partial charge is 0.124 e. The van der Waals surface area contributed by atoms with E-state index in [9.17, 15) is 4.39 Å². The summed E-state index contributed by atoms with van der Waals surface area (Å²) >= 11 is 3.48. The van der Waals surface area contributed by atoms with Crippen molar-refractivity contribution in [1.29, 1.82) is 5.26 Å². The zero-order valence-electron chi connectivity index (χ0n) is 9.67. The molecule has 0 aromatic heterocycles. The first kappa shape index (κ1) is 12.6. The molecule has 90 valence electrons. The zero-order chi connectivity index (χ0) is 13.1. The summed E-state index contributed by atoms with van der Waals surface area (Å²) in [6.07, 6.45) is 0. The number of nitrogens with zero attached hydrogens (tertiary/aromatic N) is 1. The van der Waals surface area contributed by atoms with Crippen molar-refractivity contribution < 1.29 is 4.39 Å². The predicted molar refractivity (Wildman–Crippen MR) is 73.3 cm³/mol. The van der Waals surface area contributed by atoms with Gasteiger partial charge in [0.1, 0.15) is 11.9 Å². The average molecular weight is 305 g/mol. The fourth-order valence-electron chi connectivity index (χ4n) is 1.61. The van der Waals surface area contributed by atoms with E-state index >= 15 is 0 Å². The van der Waals surface area contributed by atoms with E-state index in [2.05, 4.69) is 21.2 Å². The van der Waals surface area contributed by atoms with Crippen LogP contribution >= 0.6 is 15.9 Å². The summed E-state index contributed by atoms with van der Waals surface area (Å²) in [4.78, 5) is 0. The molecule has 0 amide bonds. The van der Waals surface area contributed by atoms with Crippen LogP contribution in [-0.4, -0.2) is 0 Å². The lowest BCUT2D eigenvalue weighted by molar-refractivity contribution is 0.627. The summed E-state index contributed by atoms with van der Waals surface area (Å²) in [6.45, 7) is 1.98. The Labute approximate surface area is 113 Å². The first-order chi connectivity index (χ1) is 8.61. The maximum Gasteiger partial charge on any atom is 0.124 e. The molecule has 0 unspecified atom stereocenters. The molecular weight excluding hydrogens is 295 g/mol. The van der Waals surface area contributed by atoms with Crippen molar-refractivity contribution >= 4 is 27.3 Å². The minimum absolute atomic E-state index is 0.281. The third-order valence-electron chi connectivity index (χ3n) is 2.56. The number of rotatable bonds is 2. The Kier molecular flexibility index (Phi) is 3.63. The van der Waals surface area contributed by atoms with E-state index in [4.69, 9.17) is 5.26 Å². The van der Waals surface area contributed by atoms with Crippen molar-refractivity contribution in [3.63, 3.8) is 0 Å². The Morgan fingerprint density at radius 1 is 1.22 bits per heavy atom. The number of aryl methyl sites for hydroxylation is 1. The third-order valence-corrected chi connectivity index (χ3v) is 3.62. The Hall–Kier alpha value is -1.86. The van der Waals surface area contributed by atoms with Gasteiger partial charge in [-0.3, -0.25) is 0 Å². The molecule has 4 heteroatoms. The number of hydrogen-bond donors (Lipinski definition) is 1. The summed E-state index contributed by atoms with van der Waals surface area (Å²) in [5, 5.41) is 12.1. The van der Waals surface area contributed by atoms with Crippen LogP contribution in [0, 0.1) is 24.1 Å². The van der Waals surface area contributed by atoms with Gasteiger partial charge in [-0.1, -0.05) is 12.1 Å². The fourth-order valence-corrected chi connectivity index (χ4v) is 1.97. The molecule has 0 aliphatic rings. The van der Waals surface area contributed by atoms with Crippen LogP contribution in [0.5, 0.6) is 0 Å². The monoisotopic (exact) mass is 304 g/mol. The third kappa shape index (κ3) is 2.52. The number of nitrogens with one attached hydrogen (secondary N) is 1. The first-order valence-corrected chi connectivity index (χ1v) is 6.13. The molecule has 0 radical (unpaired) electrons. The van der Waals surface area contributed by atoms with Crippen LogP contribution in [0.25, 0.3) is 0 Å². The highest BCUT2D eigenvalue weighted by Crippen LogP contribution is 2.29. The molecule has 0 atom stereocenters. The second kappa shape index (κ2) is 5.19. The van der Waals surface area contributed by atoms with E-state index in [-0.39, 0.29) is 5.56 Å². The highest BCUT2D eigenvalue weighted by molar-refractivity contribution is 9.10. The van der Waals surface area contributed by atoms with Crippen LogP contribution in [0.2, 0.25) is 0 Å². The lowest BCUT2D eigenvalue weighted by atomic mass is 10.1. The highest BCUT2D eigenvalue weighted by atomic mass is 79.9. The highest BCUT2D eigenvalue weighted by Gasteiger charge is 2.07. The maximum absolute atomic E-state index is 13.0. The summed E-state index contributed by atoms with van der Waals surface area (Å²) in [6, 6.07) is 11.9. The van der Waals surface area contributed by atoms with Crippen LogP contribution in [0.1, 0.15) is 11.1 Å². The molecule has 2 aromatic rings. The number of nitriles is 1. The van der Waals surface area contributed by atoms with Gasteiger partial charge in [0.15, 0.2) is 0 Å². The van der Waals surface area contributed by atoms with Crippen LogP contribution in [-0.2, 0) is 0 Å². The number of halogens is 2. The number of hydrogen-bond acceptors (Lipinski definition) is 2. The SMILES string of the molecule is Cc1cccc(Nc2ccc(F)cc2C#N)c1Br. The molecule has 18 heavy (non-hydrogen) atoms. The summed E-state index contributed by atoms with van der Waals surface area (Å²) < 4.78 is 14.0. The van der Waals surface area contributed by atoms with Crippen molar-refractivity contribution in [1.82, 2.24) is 0 Å². The molecule has 1 N–H and O–H groups in total. The van der Waals surface area contributed by atoms with Gasteiger partial charge in [0, 0.05) is 4.47 Å². The molecule has 0 aliphatic carbocycles. The molecule has 0 fully saturated rings. The summed E-state index contributed by atoms with van der Waals surface area (Å²) in [7, 11) is 0. The maximum atomic E-state index is 13.0.